The summed E-state index contributed by atoms with van der Waals surface area (Å²) in [5.41, 5.74) is 2.24. The number of amides is 5. The zero-order valence-corrected chi connectivity index (χ0v) is 42.9. The Hall–Kier alpha value is -7.76. The van der Waals surface area contributed by atoms with E-state index in [1.807, 2.05) is 0 Å². The molecule has 5 amide bonds. The van der Waals surface area contributed by atoms with Gasteiger partial charge in [0.2, 0.25) is 17.7 Å². The minimum Gasteiger partial charge on any atom is -0.486 e. The maximum absolute atomic E-state index is 17.1. The summed E-state index contributed by atoms with van der Waals surface area (Å²) in [5.74, 6) is -1.78. The van der Waals surface area contributed by atoms with E-state index in [2.05, 4.69) is 35.5 Å². The fourth-order valence-corrected chi connectivity index (χ4v) is 13.7. The molecule has 1 unspecified atom stereocenters. The van der Waals surface area contributed by atoms with Gasteiger partial charge in [0.05, 0.1) is 94.0 Å². The van der Waals surface area contributed by atoms with Crippen LogP contribution < -0.4 is 40.0 Å². The molecule has 14 rings (SSSR count). The molecule has 8 aromatic rings. The molecule has 76 heavy (non-hydrogen) atoms. The molecule has 14 heterocycles. The molecule has 6 aliphatic heterocycles. The average molecular weight is 1130 g/mol. The van der Waals surface area contributed by atoms with Gasteiger partial charge in [0.15, 0.2) is 52.0 Å². The van der Waals surface area contributed by atoms with E-state index in [-0.39, 0.29) is 121 Å². The molecule has 6 aliphatic rings. The van der Waals surface area contributed by atoms with Crippen LogP contribution in [-0.4, -0.2) is 111 Å². The monoisotopic (exact) mass is 1130 g/mol. The number of rotatable bonds is 6. The van der Waals surface area contributed by atoms with E-state index < -0.39 is 28.7 Å². The zero-order valence-electron chi connectivity index (χ0n) is 38.1. The zero-order chi connectivity index (χ0) is 51.5. The molecule has 0 radical (unpaired) electrons. The van der Waals surface area contributed by atoms with Crippen molar-refractivity contribution in [3.8, 4) is 51.2 Å². The summed E-state index contributed by atoms with van der Waals surface area (Å²) in [6.07, 6.45) is 4.45. The summed E-state index contributed by atoms with van der Waals surface area (Å²) in [6, 6.07) is 11.3. The summed E-state index contributed by atoms with van der Waals surface area (Å²) in [6.45, 7) is 0.366. The molecule has 376 valence electrons. The third-order valence-corrected chi connectivity index (χ3v) is 17.6. The number of carbonyl (C=O) groups excluding carboxylic acids is 5. The molecule has 3 N–H and O–H groups in total. The Morgan fingerprint density at radius 2 is 1.43 bits per heavy atom. The van der Waals surface area contributed by atoms with Crippen molar-refractivity contribution in [3.05, 3.63) is 77.6 Å². The van der Waals surface area contributed by atoms with Crippen molar-refractivity contribution in [1.29, 1.82) is 0 Å². The predicted molar refractivity (Wildman–Crippen MR) is 280 cm³/mol. The van der Waals surface area contributed by atoms with Crippen molar-refractivity contribution < 1.29 is 42.6 Å². The van der Waals surface area contributed by atoms with Crippen LogP contribution in [0.15, 0.2) is 80.6 Å². The highest BCUT2D eigenvalue weighted by molar-refractivity contribution is 8.01. The number of ether oxygens (including phenoxy) is 3. The molecular weight excluding hydrogens is 1100 g/mol. The smallest absolute Gasteiger partial charge is 0.263 e. The second kappa shape index (κ2) is 18.2. The van der Waals surface area contributed by atoms with Gasteiger partial charge in [0, 0.05) is 29.4 Å². The molecule has 0 bridgehead atoms. The Labute approximate surface area is 451 Å². The second-order valence-electron chi connectivity index (χ2n) is 17.0. The number of fused-ring (bicyclic) bond motifs is 7. The number of hydrogen-bond donors (Lipinski definition) is 3. The molecule has 1 atom stereocenters. The molecule has 29 heteroatoms. The number of nitrogens with one attached hydrogen (secondary N) is 3. The van der Waals surface area contributed by atoms with Crippen molar-refractivity contribution >= 4 is 151 Å². The lowest BCUT2D eigenvalue weighted by Gasteiger charge is -2.36. The minimum atomic E-state index is -1.36. The van der Waals surface area contributed by atoms with Gasteiger partial charge in [-0.15, -0.1) is 52.1 Å². The van der Waals surface area contributed by atoms with Crippen LogP contribution in [-0.2, 0) is 24.0 Å². The number of nitrogens with zero attached hydrogens (tertiary/aromatic N) is 11. The molecule has 0 aromatic carbocycles. The Morgan fingerprint density at radius 3 is 2.28 bits per heavy atom. The number of aromatic nitrogens is 9. The Morgan fingerprint density at radius 1 is 0.671 bits per heavy atom. The fraction of sp³-hybridized carbons (Fsp3) is 0.149. The summed E-state index contributed by atoms with van der Waals surface area (Å²) < 4.78 is 38.6. The summed E-state index contributed by atoms with van der Waals surface area (Å²) in [7, 11) is 0. The van der Waals surface area contributed by atoms with Gasteiger partial charge in [-0.25, -0.2) is 29.3 Å². The van der Waals surface area contributed by atoms with E-state index in [0.717, 1.165) is 40.0 Å². The number of carbonyl (C=O) groups is 5. The molecule has 0 aliphatic carbocycles. The minimum absolute atomic E-state index is 0.00756. The lowest BCUT2D eigenvalue weighted by Crippen LogP contribution is -2.36. The van der Waals surface area contributed by atoms with Crippen molar-refractivity contribution in [2.24, 2.45) is 0 Å². The van der Waals surface area contributed by atoms with Crippen LogP contribution in [0.2, 0.25) is 5.02 Å². The van der Waals surface area contributed by atoms with Gasteiger partial charge < -0.3 is 30.2 Å². The first-order chi connectivity index (χ1) is 37.0. The van der Waals surface area contributed by atoms with Crippen molar-refractivity contribution in [2.75, 3.05) is 62.8 Å². The third-order valence-electron chi connectivity index (χ3n) is 12.3. The summed E-state index contributed by atoms with van der Waals surface area (Å²) in [5, 5.41) is 11.3. The number of hydrogen-bond acceptors (Lipinski definition) is 22. The van der Waals surface area contributed by atoms with Crippen LogP contribution in [0.3, 0.4) is 0 Å². The molecule has 0 saturated carbocycles. The van der Waals surface area contributed by atoms with E-state index >= 15 is 9.18 Å². The first kappa shape index (κ1) is 46.7. The third kappa shape index (κ3) is 7.79. The van der Waals surface area contributed by atoms with Crippen LogP contribution in [0, 0.1) is 5.82 Å². The second-order valence-corrected chi connectivity index (χ2v) is 22.3. The molecule has 0 saturated heterocycles. The SMILES string of the molecule is O=C1COc2ccc(-c3c(N4C(=O)CSc5ccc(-c6ncc(-c7cc8c(cn7)OCCO8)c7c6SC(c6nc8c(cc6Cl)SCC(=O)N8)C(=O)N7c6nc7c(cc6F)SCC(=O)N7)nc54)cnc4snnc34)nc2N1. The van der Waals surface area contributed by atoms with Gasteiger partial charge in [-0.3, -0.25) is 43.7 Å². The van der Waals surface area contributed by atoms with Gasteiger partial charge in [-0.05, 0) is 36.4 Å². The number of pyridine rings is 7. The lowest BCUT2D eigenvalue weighted by atomic mass is 10.1. The van der Waals surface area contributed by atoms with E-state index in [4.69, 9.17) is 50.7 Å². The first-order valence-corrected chi connectivity index (χ1v) is 27.6. The highest BCUT2D eigenvalue weighted by Gasteiger charge is 2.45. The Bertz CT molecular complexity index is 3970. The lowest BCUT2D eigenvalue weighted by molar-refractivity contribution is -0.119. The van der Waals surface area contributed by atoms with Crippen LogP contribution in [0.1, 0.15) is 10.9 Å². The molecular formula is C47H26ClFN14O8S5. The van der Waals surface area contributed by atoms with Gasteiger partial charge in [0.25, 0.3) is 11.8 Å². The van der Waals surface area contributed by atoms with Crippen LogP contribution in [0.25, 0.3) is 44.2 Å². The molecule has 8 aromatic heterocycles. The van der Waals surface area contributed by atoms with Gasteiger partial charge in [-0.2, -0.15) is 0 Å². The van der Waals surface area contributed by atoms with Crippen LogP contribution >= 0.6 is 70.2 Å². The van der Waals surface area contributed by atoms with E-state index in [9.17, 15) is 19.2 Å². The van der Waals surface area contributed by atoms with Gasteiger partial charge >= 0.3 is 0 Å². The average Bonchev–Trinajstić information content (AvgIpc) is 3.91. The standard InChI is InChI=1S/C47H26ClFN14O8S5/c48-18-7-28-42(56-31(65)14-72-28)58-35(18)40-47(68)63(44-19(49)8-29-43(59-44)57-32(66)15-73-29)38-17(22-9-25-26(12-50-22)70-6-5-69-25)10-51-36(39(38)75-40)21-2-4-27-45(54-21)62(33(67)16-74-27)23-11-52-46-37(60-61-76-46)34(23)20-1-3-24-41(53-20)55-30(64)13-71-24/h1-4,7-12,40H,5-6,13-16H2,(H,53,55,64)(H,56,58,65)(H,57,59,66). The number of anilines is 7. The van der Waals surface area contributed by atoms with Gasteiger partial charge in [-0.1, -0.05) is 16.1 Å². The maximum atomic E-state index is 17.1. The van der Waals surface area contributed by atoms with Crippen molar-refractivity contribution in [3.63, 3.8) is 0 Å². The van der Waals surface area contributed by atoms with E-state index in [1.54, 1.807) is 36.4 Å². The summed E-state index contributed by atoms with van der Waals surface area (Å²) >= 11 is 12.7. The maximum Gasteiger partial charge on any atom is 0.263 e. The molecule has 0 spiro atoms. The van der Waals surface area contributed by atoms with Crippen LogP contribution in [0.4, 0.5) is 44.9 Å². The predicted octanol–water partition coefficient (Wildman–Crippen LogP) is 7.72. The van der Waals surface area contributed by atoms with E-state index in [1.165, 1.54) is 53.1 Å². The highest BCUT2D eigenvalue weighted by Crippen LogP contribution is 2.57. The Kier molecular flexibility index (Phi) is 11.2. The van der Waals surface area contributed by atoms with Crippen LogP contribution in [0.5, 0.6) is 17.2 Å². The number of thioether (sulfide) groups is 4. The molecule has 0 fully saturated rings. The fourth-order valence-electron chi connectivity index (χ4n) is 9.04. The molecule has 22 nitrogen and oxygen atoms in total. The highest BCUT2D eigenvalue weighted by atomic mass is 35.5. The van der Waals surface area contributed by atoms with Crippen molar-refractivity contribution in [2.45, 2.75) is 24.8 Å². The largest absolute Gasteiger partial charge is 0.486 e. The summed E-state index contributed by atoms with van der Waals surface area (Å²) in [4.78, 5) is 106. The van der Waals surface area contributed by atoms with Crippen molar-refractivity contribution in [1.82, 2.24) is 44.5 Å². The quantitative estimate of drug-likeness (QED) is 0.144. The Balaban J connectivity index is 0.993. The van der Waals surface area contributed by atoms with E-state index in [0.29, 0.717) is 60.1 Å². The topological polar surface area (TPSA) is 272 Å². The normalized spacial score (nSPS) is 17.4. The number of halogens is 2. The van der Waals surface area contributed by atoms with Gasteiger partial charge in [0.1, 0.15) is 41.3 Å². The first-order valence-electron chi connectivity index (χ1n) is 22.6.